The van der Waals surface area contributed by atoms with Gasteiger partial charge >= 0.3 is 0 Å². The van der Waals surface area contributed by atoms with Crippen molar-refractivity contribution < 1.29 is 14.2 Å². The molecular formula is C16H21N3O3S. The Bertz CT molecular complexity index is 567. The molecule has 7 heteroatoms. The van der Waals surface area contributed by atoms with Crippen LogP contribution in [0.4, 0.5) is 0 Å². The van der Waals surface area contributed by atoms with E-state index in [1.165, 1.54) is 0 Å². The van der Waals surface area contributed by atoms with Crippen molar-refractivity contribution in [2.45, 2.75) is 43.8 Å². The third kappa shape index (κ3) is 3.49. The molecule has 0 aromatic heterocycles. The molecule has 0 amide bonds. The molecule has 2 aliphatic heterocycles. The van der Waals surface area contributed by atoms with Gasteiger partial charge < -0.3 is 14.2 Å². The van der Waals surface area contributed by atoms with Gasteiger partial charge in [0.15, 0.2) is 6.29 Å². The summed E-state index contributed by atoms with van der Waals surface area (Å²) in [4.78, 5) is 3.03. The number of nitrogens with zero attached hydrogens (tertiary/aromatic N) is 3. The summed E-state index contributed by atoms with van der Waals surface area (Å²) < 4.78 is 18.1. The summed E-state index contributed by atoms with van der Waals surface area (Å²) >= 11 is 1.73. The van der Waals surface area contributed by atoms with Gasteiger partial charge in [0, 0.05) is 16.4 Å². The third-order valence-electron chi connectivity index (χ3n) is 4.26. The zero-order valence-corrected chi connectivity index (χ0v) is 14.1. The van der Waals surface area contributed by atoms with Crippen molar-refractivity contribution in [2.24, 2.45) is 11.0 Å². The molecule has 2 heterocycles. The highest BCUT2D eigenvalue weighted by Gasteiger charge is 2.47. The second-order valence-electron chi connectivity index (χ2n) is 5.73. The van der Waals surface area contributed by atoms with Crippen molar-refractivity contribution in [1.29, 1.82) is 0 Å². The predicted molar refractivity (Wildman–Crippen MR) is 88.9 cm³/mol. The lowest BCUT2D eigenvalue weighted by atomic mass is 9.91. The second-order valence-corrected chi connectivity index (χ2v) is 7.10. The smallest absolute Gasteiger partial charge is 0.184 e. The summed E-state index contributed by atoms with van der Waals surface area (Å²) in [7, 11) is 0. The first kappa shape index (κ1) is 16.6. The Balaban J connectivity index is 1.80. The fourth-order valence-corrected chi connectivity index (χ4v) is 4.11. The Morgan fingerprint density at radius 2 is 2.09 bits per heavy atom. The molecule has 124 valence electrons. The highest BCUT2D eigenvalue weighted by atomic mass is 32.2. The number of azide groups is 1. The van der Waals surface area contributed by atoms with Crippen LogP contribution in [-0.4, -0.2) is 36.0 Å². The minimum absolute atomic E-state index is 0.00257. The van der Waals surface area contributed by atoms with Crippen LogP contribution < -0.4 is 0 Å². The maximum absolute atomic E-state index is 8.95. The largest absolute Gasteiger partial charge is 0.359 e. The molecule has 6 nitrogen and oxygen atoms in total. The van der Waals surface area contributed by atoms with Crippen LogP contribution in [-0.2, 0) is 14.2 Å². The highest BCUT2D eigenvalue weighted by molar-refractivity contribution is 7.99. The molecule has 0 N–H and O–H groups in total. The topological polar surface area (TPSA) is 76.5 Å². The molecule has 1 aromatic rings. The van der Waals surface area contributed by atoms with Gasteiger partial charge in [0.2, 0.25) is 0 Å². The molecule has 3 rings (SSSR count). The Kier molecular flexibility index (Phi) is 5.46. The third-order valence-corrected chi connectivity index (χ3v) is 5.46. The summed E-state index contributed by atoms with van der Waals surface area (Å²) in [6.07, 6.45) is -0.931. The number of rotatable bonds is 4. The molecular weight excluding hydrogens is 314 g/mol. The monoisotopic (exact) mass is 335 g/mol. The number of thioether (sulfide) groups is 1. The lowest BCUT2D eigenvalue weighted by Crippen LogP contribution is -2.57. The van der Waals surface area contributed by atoms with E-state index in [4.69, 9.17) is 19.7 Å². The first-order valence-electron chi connectivity index (χ1n) is 7.88. The van der Waals surface area contributed by atoms with Crippen molar-refractivity contribution in [3.8, 4) is 0 Å². The van der Waals surface area contributed by atoms with Crippen LogP contribution in [0.15, 0.2) is 35.4 Å². The van der Waals surface area contributed by atoms with Crippen LogP contribution in [0.5, 0.6) is 0 Å². The van der Waals surface area contributed by atoms with Crippen LogP contribution in [0.1, 0.15) is 25.7 Å². The van der Waals surface area contributed by atoms with Gasteiger partial charge in [0.25, 0.3) is 0 Å². The van der Waals surface area contributed by atoms with Gasteiger partial charge in [-0.05, 0) is 11.3 Å². The number of benzene rings is 1. The molecule has 0 radical (unpaired) electrons. The van der Waals surface area contributed by atoms with Gasteiger partial charge in [-0.1, -0.05) is 49.3 Å². The molecule has 1 aromatic carbocycles. The Hall–Kier alpha value is -1.24. The lowest BCUT2D eigenvalue weighted by Gasteiger charge is -2.47. The second kappa shape index (κ2) is 7.55. The number of hydrogen-bond donors (Lipinski definition) is 0. The van der Waals surface area contributed by atoms with Crippen LogP contribution in [0, 0.1) is 5.92 Å². The molecule has 23 heavy (non-hydrogen) atoms. The SMILES string of the molecule is CCSC1OC2COC(c3ccccc3)O[C@@H]2[C@H](N=[N+]=[N-])[C@H]1C. The number of fused-ring (bicyclic) bond motifs is 1. The first-order valence-corrected chi connectivity index (χ1v) is 8.92. The summed E-state index contributed by atoms with van der Waals surface area (Å²) in [5.41, 5.74) is 9.91. The highest BCUT2D eigenvalue weighted by Crippen LogP contribution is 2.40. The lowest BCUT2D eigenvalue weighted by molar-refractivity contribution is -0.291. The minimum atomic E-state index is -0.444. The first-order chi connectivity index (χ1) is 11.2. The molecule has 2 saturated heterocycles. The fraction of sp³-hybridized carbons (Fsp3) is 0.625. The maximum Gasteiger partial charge on any atom is 0.184 e. The Labute approximate surface area is 140 Å². The zero-order valence-electron chi connectivity index (χ0n) is 13.2. The quantitative estimate of drug-likeness (QED) is 0.475. The maximum atomic E-state index is 8.95. The van der Waals surface area contributed by atoms with Gasteiger partial charge in [-0.25, -0.2) is 0 Å². The standard InChI is InChI=1S/C16H21N3O3S/c1-3-23-16-10(2)13(18-19-17)14-12(21-16)9-20-15(22-14)11-7-5-4-6-8-11/h4-8,10,12-16H,3,9H2,1-2H3/t10-,12?,13-,14+,15?,16?/m1/s1. The van der Waals surface area contributed by atoms with E-state index in [1.54, 1.807) is 11.8 Å². The molecule has 0 aliphatic carbocycles. The van der Waals surface area contributed by atoms with Gasteiger partial charge in [-0.15, -0.1) is 11.8 Å². The van der Waals surface area contributed by atoms with Crippen molar-refractivity contribution in [2.75, 3.05) is 12.4 Å². The molecule has 0 spiro atoms. The van der Waals surface area contributed by atoms with Crippen LogP contribution >= 0.6 is 11.8 Å². The van der Waals surface area contributed by atoms with E-state index >= 15 is 0 Å². The summed E-state index contributed by atoms with van der Waals surface area (Å²) in [6.45, 7) is 4.59. The van der Waals surface area contributed by atoms with E-state index in [1.807, 2.05) is 30.3 Å². The average molecular weight is 335 g/mol. The summed E-state index contributed by atoms with van der Waals surface area (Å²) in [5.74, 6) is 1.04. The number of hydrogen-bond acceptors (Lipinski definition) is 5. The predicted octanol–water partition coefficient (Wildman–Crippen LogP) is 3.89. The normalized spacial score (nSPS) is 36.8. The van der Waals surface area contributed by atoms with Crippen LogP contribution in [0.2, 0.25) is 0 Å². The molecule has 2 fully saturated rings. The minimum Gasteiger partial charge on any atom is -0.359 e. The summed E-state index contributed by atoms with van der Waals surface area (Å²) in [5, 5.41) is 4.02. The Morgan fingerprint density at radius 1 is 1.30 bits per heavy atom. The van der Waals surface area contributed by atoms with Gasteiger partial charge in [0.05, 0.1) is 18.8 Å². The average Bonchev–Trinajstić information content (AvgIpc) is 2.59. The zero-order chi connectivity index (χ0) is 16.2. The van der Waals surface area contributed by atoms with Gasteiger partial charge in [-0.3, -0.25) is 0 Å². The van der Waals surface area contributed by atoms with E-state index in [-0.39, 0.29) is 29.6 Å². The molecule has 6 atom stereocenters. The van der Waals surface area contributed by atoms with Crippen molar-refractivity contribution >= 4 is 11.8 Å². The van der Waals surface area contributed by atoms with Crippen LogP contribution in [0.25, 0.3) is 10.4 Å². The van der Waals surface area contributed by atoms with E-state index in [0.717, 1.165) is 11.3 Å². The van der Waals surface area contributed by atoms with E-state index in [9.17, 15) is 0 Å². The molecule has 0 bridgehead atoms. The van der Waals surface area contributed by atoms with Crippen molar-refractivity contribution in [3.63, 3.8) is 0 Å². The van der Waals surface area contributed by atoms with Gasteiger partial charge in [-0.2, -0.15) is 0 Å². The summed E-state index contributed by atoms with van der Waals surface area (Å²) in [6, 6.07) is 9.54. The Morgan fingerprint density at radius 3 is 2.78 bits per heavy atom. The van der Waals surface area contributed by atoms with Crippen molar-refractivity contribution in [1.82, 2.24) is 0 Å². The fourth-order valence-electron chi connectivity index (χ4n) is 3.09. The van der Waals surface area contributed by atoms with Crippen LogP contribution in [0.3, 0.4) is 0 Å². The van der Waals surface area contributed by atoms with Gasteiger partial charge in [0.1, 0.15) is 11.5 Å². The number of ether oxygens (including phenoxy) is 3. The van der Waals surface area contributed by atoms with E-state index < -0.39 is 6.29 Å². The molecule has 2 aliphatic rings. The van der Waals surface area contributed by atoms with Crippen molar-refractivity contribution in [3.05, 3.63) is 46.3 Å². The van der Waals surface area contributed by atoms with E-state index in [0.29, 0.717) is 6.61 Å². The molecule has 3 unspecified atom stereocenters. The van der Waals surface area contributed by atoms with E-state index in [2.05, 4.69) is 23.9 Å². The molecule has 0 saturated carbocycles.